The lowest BCUT2D eigenvalue weighted by atomic mass is 9.91. The summed E-state index contributed by atoms with van der Waals surface area (Å²) in [6, 6.07) is 8.84. The fourth-order valence-electron chi connectivity index (χ4n) is 2.20. The zero-order chi connectivity index (χ0) is 11.4. The maximum absolute atomic E-state index is 5.69. The van der Waals surface area contributed by atoms with Crippen LogP contribution in [-0.2, 0) is 0 Å². The second-order valence-electron chi connectivity index (χ2n) is 4.24. The highest BCUT2D eigenvalue weighted by Gasteiger charge is 2.26. The fourth-order valence-corrected chi connectivity index (χ4v) is 2.20. The van der Waals surface area contributed by atoms with Gasteiger partial charge in [0.25, 0.3) is 0 Å². The molecule has 16 heavy (non-hydrogen) atoms. The molecule has 1 saturated carbocycles. The minimum atomic E-state index is 0.653. The van der Waals surface area contributed by atoms with Gasteiger partial charge >= 0.3 is 0 Å². The highest BCUT2D eigenvalue weighted by Crippen LogP contribution is 2.34. The molecule has 1 aliphatic carbocycles. The Balaban J connectivity index is 2.22. The lowest BCUT2D eigenvalue weighted by Gasteiger charge is -2.39. The molecule has 0 heterocycles. The van der Waals surface area contributed by atoms with Crippen molar-refractivity contribution in [1.29, 1.82) is 0 Å². The standard InChI is InChI=1S/C13H20N2O/c1-16-13-8-3-2-7-12(13)15(10-9-14)11-5-4-6-11/h2-3,7-8,11H,4-6,9-10,14H2,1H3. The normalized spacial score (nSPS) is 15.6. The maximum atomic E-state index is 5.69. The number of benzene rings is 1. The summed E-state index contributed by atoms with van der Waals surface area (Å²) in [5.41, 5.74) is 6.87. The molecule has 2 N–H and O–H groups in total. The predicted octanol–water partition coefficient (Wildman–Crippen LogP) is 2.01. The van der Waals surface area contributed by atoms with Crippen LogP contribution in [0, 0.1) is 0 Å². The Bertz CT molecular complexity index is 336. The van der Waals surface area contributed by atoms with Gasteiger partial charge in [0.2, 0.25) is 0 Å². The van der Waals surface area contributed by atoms with Gasteiger partial charge in [0.15, 0.2) is 0 Å². The van der Waals surface area contributed by atoms with E-state index in [0.29, 0.717) is 12.6 Å². The van der Waals surface area contributed by atoms with Crippen molar-refractivity contribution in [3.05, 3.63) is 24.3 Å². The molecule has 1 aliphatic rings. The molecule has 0 spiro atoms. The van der Waals surface area contributed by atoms with E-state index in [4.69, 9.17) is 10.5 Å². The molecule has 0 unspecified atom stereocenters. The van der Waals surface area contributed by atoms with Gasteiger partial charge in [0, 0.05) is 19.1 Å². The smallest absolute Gasteiger partial charge is 0.142 e. The number of nitrogens with two attached hydrogens (primary N) is 1. The number of rotatable bonds is 5. The van der Waals surface area contributed by atoms with Crippen molar-refractivity contribution in [1.82, 2.24) is 0 Å². The molecule has 3 nitrogen and oxygen atoms in total. The summed E-state index contributed by atoms with van der Waals surface area (Å²) in [4.78, 5) is 2.39. The number of ether oxygens (including phenoxy) is 1. The van der Waals surface area contributed by atoms with Crippen LogP contribution in [0.4, 0.5) is 5.69 Å². The molecular weight excluding hydrogens is 200 g/mol. The third-order valence-corrected chi connectivity index (χ3v) is 3.28. The van der Waals surface area contributed by atoms with Gasteiger partial charge in [-0.3, -0.25) is 0 Å². The summed E-state index contributed by atoms with van der Waals surface area (Å²) in [6.45, 7) is 1.60. The fraction of sp³-hybridized carbons (Fsp3) is 0.538. The van der Waals surface area contributed by atoms with Crippen molar-refractivity contribution in [2.75, 3.05) is 25.1 Å². The van der Waals surface area contributed by atoms with Gasteiger partial charge in [-0.25, -0.2) is 0 Å². The summed E-state index contributed by atoms with van der Waals surface area (Å²) in [7, 11) is 1.72. The first-order valence-corrected chi connectivity index (χ1v) is 5.96. The van der Waals surface area contributed by atoms with Gasteiger partial charge < -0.3 is 15.4 Å². The first-order chi connectivity index (χ1) is 7.86. The molecule has 1 aromatic carbocycles. The second kappa shape index (κ2) is 5.21. The van der Waals surface area contributed by atoms with E-state index < -0.39 is 0 Å². The number of nitrogens with zero attached hydrogens (tertiary/aromatic N) is 1. The molecule has 3 heteroatoms. The molecule has 1 aromatic rings. The second-order valence-corrected chi connectivity index (χ2v) is 4.24. The van der Waals surface area contributed by atoms with Crippen LogP contribution in [-0.4, -0.2) is 26.2 Å². The quantitative estimate of drug-likeness (QED) is 0.825. The Labute approximate surface area is 97.2 Å². The van der Waals surface area contributed by atoms with Crippen molar-refractivity contribution in [2.24, 2.45) is 5.73 Å². The molecule has 0 amide bonds. The number of para-hydroxylation sites is 2. The number of hydrogen-bond acceptors (Lipinski definition) is 3. The number of anilines is 1. The molecule has 0 bridgehead atoms. The van der Waals surface area contributed by atoms with E-state index in [1.54, 1.807) is 7.11 Å². The van der Waals surface area contributed by atoms with Crippen LogP contribution in [0.2, 0.25) is 0 Å². The van der Waals surface area contributed by atoms with Crippen molar-refractivity contribution in [3.63, 3.8) is 0 Å². The van der Waals surface area contributed by atoms with Gasteiger partial charge in [0.1, 0.15) is 5.75 Å². The van der Waals surface area contributed by atoms with E-state index in [1.165, 1.54) is 24.9 Å². The van der Waals surface area contributed by atoms with Gasteiger partial charge in [-0.15, -0.1) is 0 Å². The minimum Gasteiger partial charge on any atom is -0.495 e. The van der Waals surface area contributed by atoms with Crippen molar-refractivity contribution in [2.45, 2.75) is 25.3 Å². The molecule has 2 rings (SSSR count). The van der Waals surface area contributed by atoms with E-state index in [1.807, 2.05) is 12.1 Å². The van der Waals surface area contributed by atoms with Crippen LogP contribution >= 0.6 is 0 Å². The first-order valence-electron chi connectivity index (χ1n) is 5.96. The molecule has 88 valence electrons. The molecular formula is C13H20N2O. The average molecular weight is 220 g/mol. The predicted molar refractivity (Wildman–Crippen MR) is 67.0 cm³/mol. The Morgan fingerprint density at radius 1 is 1.38 bits per heavy atom. The first kappa shape index (κ1) is 11.3. The SMILES string of the molecule is COc1ccccc1N(CCN)C1CCC1. The van der Waals surface area contributed by atoms with Crippen LogP contribution in [0.3, 0.4) is 0 Å². The minimum absolute atomic E-state index is 0.653. The summed E-state index contributed by atoms with van der Waals surface area (Å²) >= 11 is 0. The molecule has 0 aliphatic heterocycles. The van der Waals surface area contributed by atoms with Gasteiger partial charge in [-0.2, -0.15) is 0 Å². The van der Waals surface area contributed by atoms with Gasteiger partial charge in [0.05, 0.1) is 12.8 Å². The largest absolute Gasteiger partial charge is 0.495 e. The van der Waals surface area contributed by atoms with Crippen molar-refractivity contribution in [3.8, 4) is 5.75 Å². The van der Waals surface area contributed by atoms with Gasteiger partial charge in [-0.05, 0) is 31.4 Å². The van der Waals surface area contributed by atoms with E-state index >= 15 is 0 Å². The summed E-state index contributed by atoms with van der Waals surface area (Å²) in [5, 5.41) is 0. The monoisotopic (exact) mass is 220 g/mol. The van der Waals surface area contributed by atoms with Crippen molar-refractivity contribution < 1.29 is 4.74 Å². The molecule has 0 aromatic heterocycles. The Kier molecular flexibility index (Phi) is 3.67. The van der Waals surface area contributed by atoms with Crippen LogP contribution in [0.15, 0.2) is 24.3 Å². The molecule has 0 radical (unpaired) electrons. The lowest BCUT2D eigenvalue weighted by Crippen LogP contribution is -2.43. The summed E-state index contributed by atoms with van der Waals surface area (Å²) < 4.78 is 5.41. The van der Waals surface area contributed by atoms with E-state index in [-0.39, 0.29) is 0 Å². The van der Waals surface area contributed by atoms with Crippen LogP contribution in [0.5, 0.6) is 5.75 Å². The molecule has 0 atom stereocenters. The topological polar surface area (TPSA) is 38.5 Å². The third kappa shape index (κ3) is 2.14. The van der Waals surface area contributed by atoms with Crippen LogP contribution in [0.1, 0.15) is 19.3 Å². The van der Waals surface area contributed by atoms with Crippen LogP contribution < -0.4 is 15.4 Å². The van der Waals surface area contributed by atoms with E-state index in [2.05, 4.69) is 17.0 Å². The lowest BCUT2D eigenvalue weighted by molar-refractivity contribution is 0.376. The molecule has 1 fully saturated rings. The zero-order valence-corrected chi connectivity index (χ0v) is 9.86. The highest BCUT2D eigenvalue weighted by atomic mass is 16.5. The zero-order valence-electron chi connectivity index (χ0n) is 9.86. The van der Waals surface area contributed by atoms with Gasteiger partial charge in [-0.1, -0.05) is 12.1 Å². The summed E-state index contributed by atoms with van der Waals surface area (Å²) in [6.07, 6.45) is 3.89. The summed E-state index contributed by atoms with van der Waals surface area (Å²) in [5.74, 6) is 0.947. The average Bonchev–Trinajstić information content (AvgIpc) is 2.26. The Hall–Kier alpha value is -1.22. The third-order valence-electron chi connectivity index (χ3n) is 3.28. The van der Waals surface area contributed by atoms with E-state index in [9.17, 15) is 0 Å². The Morgan fingerprint density at radius 3 is 2.69 bits per heavy atom. The molecule has 0 saturated heterocycles. The van der Waals surface area contributed by atoms with E-state index in [0.717, 1.165) is 12.3 Å². The van der Waals surface area contributed by atoms with Crippen molar-refractivity contribution >= 4 is 5.69 Å². The number of methoxy groups -OCH3 is 1. The maximum Gasteiger partial charge on any atom is 0.142 e. The van der Waals surface area contributed by atoms with Crippen LogP contribution in [0.25, 0.3) is 0 Å². The Morgan fingerprint density at radius 2 is 2.12 bits per heavy atom. The highest BCUT2D eigenvalue weighted by molar-refractivity contribution is 5.59. The number of hydrogen-bond donors (Lipinski definition) is 1.